The molecule has 0 bridgehead atoms. The van der Waals surface area contributed by atoms with Crippen LogP contribution < -0.4 is 4.74 Å². The van der Waals surface area contributed by atoms with Crippen molar-refractivity contribution in [1.82, 2.24) is 4.98 Å². The van der Waals surface area contributed by atoms with Gasteiger partial charge in [0.15, 0.2) is 6.61 Å². The van der Waals surface area contributed by atoms with Crippen LogP contribution in [0.3, 0.4) is 0 Å². The molecule has 2 aromatic carbocycles. The molecule has 0 aliphatic rings. The molecule has 1 aromatic heterocycles. The van der Waals surface area contributed by atoms with Crippen molar-refractivity contribution in [2.45, 2.75) is 0 Å². The van der Waals surface area contributed by atoms with E-state index in [0.717, 1.165) is 10.8 Å². The lowest BCUT2D eigenvalue weighted by molar-refractivity contribution is 0.0475. The van der Waals surface area contributed by atoms with E-state index in [1.54, 1.807) is 37.6 Å². The van der Waals surface area contributed by atoms with Crippen molar-refractivity contribution in [2.24, 2.45) is 0 Å². The Morgan fingerprint density at radius 1 is 1.00 bits per heavy atom. The molecule has 23 heavy (non-hydrogen) atoms. The Kier molecular flexibility index (Phi) is 4.10. The molecule has 1 N–H and O–H groups in total. The largest absolute Gasteiger partial charge is 0.496 e. The van der Waals surface area contributed by atoms with Crippen LogP contribution in [0.15, 0.2) is 54.7 Å². The number of methoxy groups -OCH3 is 1. The van der Waals surface area contributed by atoms with Gasteiger partial charge in [0.2, 0.25) is 5.78 Å². The average Bonchev–Trinajstić information content (AvgIpc) is 3.13. The second-order valence-corrected chi connectivity index (χ2v) is 4.94. The summed E-state index contributed by atoms with van der Waals surface area (Å²) < 4.78 is 10.4. The fourth-order valence-corrected chi connectivity index (χ4v) is 2.42. The van der Waals surface area contributed by atoms with Gasteiger partial charge in [-0.05, 0) is 29.7 Å². The topological polar surface area (TPSA) is 68.4 Å². The number of aromatic nitrogens is 1. The van der Waals surface area contributed by atoms with Gasteiger partial charge in [0.1, 0.15) is 5.75 Å². The van der Waals surface area contributed by atoms with E-state index >= 15 is 0 Å². The Labute approximate surface area is 132 Å². The molecule has 3 aromatic rings. The fraction of sp³-hybridized carbons (Fsp3) is 0.111. The normalized spacial score (nSPS) is 10.5. The molecule has 0 saturated carbocycles. The molecule has 0 aliphatic heterocycles. The number of nitrogens with one attached hydrogen (secondary N) is 1. The molecule has 116 valence electrons. The van der Waals surface area contributed by atoms with Gasteiger partial charge in [-0.3, -0.25) is 4.79 Å². The predicted molar refractivity (Wildman–Crippen MR) is 85.9 cm³/mol. The smallest absolute Gasteiger partial charge is 0.339 e. The van der Waals surface area contributed by atoms with E-state index < -0.39 is 5.97 Å². The highest BCUT2D eigenvalue weighted by atomic mass is 16.5. The number of carbonyl (C=O) groups excluding carboxylic acids is 2. The number of Topliss-reactive ketones (excluding diaryl/α,β-unsaturated/α-hetero) is 1. The second-order valence-electron chi connectivity index (χ2n) is 4.94. The van der Waals surface area contributed by atoms with Gasteiger partial charge < -0.3 is 14.5 Å². The number of hydrogen-bond donors (Lipinski definition) is 1. The van der Waals surface area contributed by atoms with Crippen molar-refractivity contribution in [2.75, 3.05) is 13.7 Å². The van der Waals surface area contributed by atoms with Crippen LogP contribution in [0.1, 0.15) is 20.8 Å². The van der Waals surface area contributed by atoms with Gasteiger partial charge in [-0.2, -0.15) is 0 Å². The third-order valence-corrected chi connectivity index (χ3v) is 3.56. The van der Waals surface area contributed by atoms with E-state index in [4.69, 9.17) is 9.47 Å². The summed E-state index contributed by atoms with van der Waals surface area (Å²) in [6.45, 7) is -0.306. The molecule has 5 heteroatoms. The number of H-pyrrole nitrogens is 1. The third kappa shape index (κ3) is 2.94. The first kappa shape index (κ1) is 14.8. The molecule has 0 fully saturated rings. The van der Waals surface area contributed by atoms with Crippen LogP contribution in [0, 0.1) is 0 Å². The van der Waals surface area contributed by atoms with Crippen LogP contribution in [-0.4, -0.2) is 30.5 Å². The van der Waals surface area contributed by atoms with Crippen molar-refractivity contribution >= 4 is 22.5 Å². The van der Waals surface area contributed by atoms with Crippen molar-refractivity contribution in [3.63, 3.8) is 0 Å². The number of ketones is 1. The molecule has 0 unspecified atom stereocenters. The van der Waals surface area contributed by atoms with Gasteiger partial charge in [0, 0.05) is 11.6 Å². The number of hydrogen-bond acceptors (Lipinski definition) is 4. The molecule has 3 rings (SSSR count). The molecule has 0 aliphatic carbocycles. The van der Waals surface area contributed by atoms with Crippen LogP contribution in [0.5, 0.6) is 5.75 Å². The molecule has 0 amide bonds. The Bertz CT molecular complexity index is 853. The molecule has 1 heterocycles. The summed E-state index contributed by atoms with van der Waals surface area (Å²) in [4.78, 5) is 27.0. The maximum atomic E-state index is 12.3. The quantitative estimate of drug-likeness (QED) is 0.580. The summed E-state index contributed by atoms with van der Waals surface area (Å²) in [7, 11) is 1.58. The van der Waals surface area contributed by atoms with E-state index in [1.807, 2.05) is 24.3 Å². The summed E-state index contributed by atoms with van der Waals surface area (Å²) in [5.41, 5.74) is 0.818. The first-order valence-corrected chi connectivity index (χ1v) is 7.10. The summed E-state index contributed by atoms with van der Waals surface area (Å²) in [5, 5.41) is 1.55. The molecule has 0 saturated heterocycles. The van der Waals surface area contributed by atoms with E-state index in [0.29, 0.717) is 17.0 Å². The minimum absolute atomic E-state index is 0.277. The standard InChI is InChI=1S/C18H15NO4/c1-22-17-9-8-14(12-5-2-3-6-13(12)17)18(21)23-11-16(20)15-7-4-10-19-15/h2-10,19H,11H2,1H3. The predicted octanol–water partition coefficient (Wildman–Crippen LogP) is 3.22. The zero-order valence-electron chi connectivity index (χ0n) is 12.5. The Balaban J connectivity index is 1.83. The zero-order valence-corrected chi connectivity index (χ0v) is 12.5. The zero-order chi connectivity index (χ0) is 16.2. The maximum absolute atomic E-state index is 12.3. The van der Waals surface area contributed by atoms with Gasteiger partial charge >= 0.3 is 5.97 Å². The first-order valence-electron chi connectivity index (χ1n) is 7.10. The number of rotatable bonds is 5. The molecular formula is C18H15NO4. The van der Waals surface area contributed by atoms with Gasteiger partial charge in [0.25, 0.3) is 0 Å². The molecule has 0 radical (unpaired) electrons. The highest BCUT2D eigenvalue weighted by Crippen LogP contribution is 2.28. The Morgan fingerprint density at radius 3 is 2.48 bits per heavy atom. The number of carbonyl (C=O) groups is 2. The molecule has 0 spiro atoms. The minimum atomic E-state index is -0.538. The lowest BCUT2D eigenvalue weighted by Crippen LogP contribution is -2.14. The van der Waals surface area contributed by atoms with Crippen LogP contribution in [0.4, 0.5) is 0 Å². The lowest BCUT2D eigenvalue weighted by Gasteiger charge is -2.10. The number of ether oxygens (including phenoxy) is 2. The minimum Gasteiger partial charge on any atom is -0.496 e. The number of fused-ring (bicyclic) bond motifs is 1. The van der Waals surface area contributed by atoms with E-state index in [9.17, 15) is 9.59 Å². The first-order chi connectivity index (χ1) is 11.2. The molecule has 5 nitrogen and oxygen atoms in total. The van der Waals surface area contributed by atoms with Gasteiger partial charge in [-0.25, -0.2) is 4.79 Å². The Morgan fingerprint density at radius 2 is 1.78 bits per heavy atom. The SMILES string of the molecule is COc1ccc(C(=O)OCC(=O)c2ccc[nH]2)c2ccccc12. The summed E-state index contributed by atoms with van der Waals surface area (Å²) in [6.07, 6.45) is 1.64. The fourth-order valence-electron chi connectivity index (χ4n) is 2.42. The monoisotopic (exact) mass is 309 g/mol. The highest BCUT2D eigenvalue weighted by Gasteiger charge is 2.16. The van der Waals surface area contributed by atoms with Crippen LogP contribution in [-0.2, 0) is 4.74 Å². The van der Waals surface area contributed by atoms with E-state index in [1.165, 1.54) is 0 Å². The third-order valence-electron chi connectivity index (χ3n) is 3.56. The molecule has 0 atom stereocenters. The van der Waals surface area contributed by atoms with Crippen LogP contribution in [0.25, 0.3) is 10.8 Å². The van der Waals surface area contributed by atoms with Gasteiger partial charge in [-0.1, -0.05) is 24.3 Å². The second kappa shape index (κ2) is 6.36. The van der Waals surface area contributed by atoms with Crippen molar-refractivity contribution < 1.29 is 19.1 Å². The Hall–Kier alpha value is -3.08. The van der Waals surface area contributed by atoms with E-state index in [2.05, 4.69) is 4.98 Å². The number of benzene rings is 2. The summed E-state index contributed by atoms with van der Waals surface area (Å²) in [5.74, 6) is -0.135. The van der Waals surface area contributed by atoms with Crippen molar-refractivity contribution in [1.29, 1.82) is 0 Å². The molecular weight excluding hydrogens is 294 g/mol. The maximum Gasteiger partial charge on any atom is 0.339 e. The highest BCUT2D eigenvalue weighted by molar-refractivity contribution is 6.07. The van der Waals surface area contributed by atoms with Gasteiger partial charge in [-0.15, -0.1) is 0 Å². The average molecular weight is 309 g/mol. The number of aromatic amines is 1. The lowest BCUT2D eigenvalue weighted by atomic mass is 10.0. The number of esters is 1. The van der Waals surface area contributed by atoms with Crippen molar-refractivity contribution in [3.05, 3.63) is 66.0 Å². The summed E-state index contributed by atoms with van der Waals surface area (Å²) >= 11 is 0. The van der Waals surface area contributed by atoms with E-state index in [-0.39, 0.29) is 12.4 Å². The van der Waals surface area contributed by atoms with Gasteiger partial charge in [0.05, 0.1) is 18.4 Å². The van der Waals surface area contributed by atoms with Crippen molar-refractivity contribution in [3.8, 4) is 5.75 Å². The van der Waals surface area contributed by atoms with Crippen LogP contribution >= 0.6 is 0 Å². The van der Waals surface area contributed by atoms with Crippen LogP contribution in [0.2, 0.25) is 0 Å². The summed E-state index contributed by atoms with van der Waals surface area (Å²) in [6, 6.07) is 14.1.